The van der Waals surface area contributed by atoms with E-state index in [0.717, 1.165) is 37.2 Å². The summed E-state index contributed by atoms with van der Waals surface area (Å²) in [7, 11) is 0. The van der Waals surface area contributed by atoms with Gasteiger partial charge in [0.2, 0.25) is 12.7 Å². The van der Waals surface area contributed by atoms with Gasteiger partial charge in [0.25, 0.3) is 0 Å². The standard InChI is InChI=1S/C17H23NO4/c1-2-3-10-20-11-4-9-18-17(19)8-6-14-5-7-15-16(12-14)22-13-21-15/h5-8,12H,2-4,9-11,13H2,1H3,(H,18,19)/b8-6+. The fraction of sp³-hybridized carbons (Fsp3) is 0.471. The van der Waals surface area contributed by atoms with E-state index in [2.05, 4.69) is 12.2 Å². The minimum Gasteiger partial charge on any atom is -0.454 e. The van der Waals surface area contributed by atoms with Gasteiger partial charge < -0.3 is 19.5 Å². The van der Waals surface area contributed by atoms with Crippen LogP contribution in [-0.2, 0) is 9.53 Å². The fourth-order valence-corrected chi connectivity index (χ4v) is 1.98. The summed E-state index contributed by atoms with van der Waals surface area (Å²) < 4.78 is 16.0. The van der Waals surface area contributed by atoms with Crippen LogP contribution in [0.1, 0.15) is 31.7 Å². The molecular formula is C17H23NO4. The second kappa shape index (κ2) is 9.10. The van der Waals surface area contributed by atoms with Crippen molar-refractivity contribution in [2.45, 2.75) is 26.2 Å². The van der Waals surface area contributed by atoms with Gasteiger partial charge in [0.15, 0.2) is 11.5 Å². The highest BCUT2D eigenvalue weighted by atomic mass is 16.7. The zero-order valence-electron chi connectivity index (χ0n) is 13.0. The first kappa shape index (κ1) is 16.4. The molecule has 1 N–H and O–H groups in total. The number of rotatable bonds is 9. The SMILES string of the molecule is CCCCOCCCNC(=O)/C=C/c1ccc2c(c1)OCO2. The Morgan fingerprint density at radius 1 is 1.27 bits per heavy atom. The first-order valence-corrected chi connectivity index (χ1v) is 7.73. The average molecular weight is 305 g/mol. The van der Waals surface area contributed by atoms with Crippen LogP contribution in [0, 0.1) is 0 Å². The smallest absolute Gasteiger partial charge is 0.244 e. The number of unbranched alkanes of at least 4 members (excludes halogenated alkanes) is 1. The summed E-state index contributed by atoms with van der Waals surface area (Å²) in [6.45, 7) is 4.50. The molecule has 0 atom stereocenters. The second-order valence-electron chi connectivity index (χ2n) is 5.06. The number of ether oxygens (including phenoxy) is 3. The Bertz CT molecular complexity index is 513. The molecule has 1 aromatic carbocycles. The molecule has 2 rings (SSSR count). The van der Waals surface area contributed by atoms with E-state index in [0.29, 0.717) is 18.9 Å². The third-order valence-corrected chi connectivity index (χ3v) is 3.23. The van der Waals surface area contributed by atoms with Crippen molar-refractivity contribution in [2.75, 3.05) is 26.6 Å². The summed E-state index contributed by atoms with van der Waals surface area (Å²) in [4.78, 5) is 11.7. The van der Waals surface area contributed by atoms with E-state index >= 15 is 0 Å². The third kappa shape index (κ3) is 5.41. The lowest BCUT2D eigenvalue weighted by Gasteiger charge is -2.04. The maximum atomic E-state index is 11.7. The second-order valence-corrected chi connectivity index (χ2v) is 5.06. The number of nitrogens with one attached hydrogen (secondary N) is 1. The molecule has 1 amide bonds. The van der Waals surface area contributed by atoms with Crippen molar-refractivity contribution in [1.29, 1.82) is 0 Å². The number of amides is 1. The van der Waals surface area contributed by atoms with Gasteiger partial charge >= 0.3 is 0 Å². The monoisotopic (exact) mass is 305 g/mol. The van der Waals surface area contributed by atoms with Gasteiger partial charge in [-0.25, -0.2) is 0 Å². The van der Waals surface area contributed by atoms with E-state index in [9.17, 15) is 4.79 Å². The van der Waals surface area contributed by atoms with Crippen LogP contribution in [0.2, 0.25) is 0 Å². The first-order chi connectivity index (χ1) is 10.8. The van der Waals surface area contributed by atoms with Crippen LogP contribution in [-0.4, -0.2) is 32.5 Å². The molecular weight excluding hydrogens is 282 g/mol. The number of hydrogen-bond donors (Lipinski definition) is 1. The zero-order valence-corrected chi connectivity index (χ0v) is 13.0. The van der Waals surface area contributed by atoms with E-state index in [-0.39, 0.29) is 12.7 Å². The molecule has 1 heterocycles. The summed E-state index contributed by atoms with van der Waals surface area (Å²) in [6, 6.07) is 5.58. The minimum atomic E-state index is -0.105. The van der Waals surface area contributed by atoms with Gasteiger partial charge in [-0.2, -0.15) is 0 Å². The van der Waals surface area contributed by atoms with Crippen molar-refractivity contribution in [2.24, 2.45) is 0 Å². The Hall–Kier alpha value is -2.01. The molecule has 0 unspecified atom stereocenters. The molecule has 0 radical (unpaired) electrons. The molecule has 1 aliphatic rings. The van der Waals surface area contributed by atoms with Crippen molar-refractivity contribution in [3.8, 4) is 11.5 Å². The van der Waals surface area contributed by atoms with E-state index in [1.54, 1.807) is 6.08 Å². The third-order valence-electron chi connectivity index (χ3n) is 3.23. The molecule has 5 heteroatoms. The molecule has 0 fully saturated rings. The van der Waals surface area contributed by atoms with Crippen molar-refractivity contribution in [3.05, 3.63) is 29.8 Å². The molecule has 120 valence electrons. The molecule has 0 saturated heterocycles. The minimum absolute atomic E-state index is 0.105. The number of carbonyl (C=O) groups is 1. The van der Waals surface area contributed by atoms with Crippen molar-refractivity contribution in [1.82, 2.24) is 5.32 Å². The highest BCUT2D eigenvalue weighted by molar-refractivity contribution is 5.91. The molecule has 0 saturated carbocycles. The molecule has 22 heavy (non-hydrogen) atoms. The lowest BCUT2D eigenvalue weighted by molar-refractivity contribution is -0.116. The fourth-order valence-electron chi connectivity index (χ4n) is 1.98. The maximum absolute atomic E-state index is 11.7. The van der Waals surface area contributed by atoms with Crippen LogP contribution in [0.15, 0.2) is 24.3 Å². The summed E-state index contributed by atoms with van der Waals surface area (Å²) in [6.07, 6.45) is 6.34. The maximum Gasteiger partial charge on any atom is 0.244 e. The lowest BCUT2D eigenvalue weighted by atomic mass is 10.2. The van der Waals surface area contributed by atoms with Gasteiger partial charge in [0.1, 0.15) is 0 Å². The highest BCUT2D eigenvalue weighted by Crippen LogP contribution is 2.32. The van der Waals surface area contributed by atoms with Gasteiger partial charge in [-0.15, -0.1) is 0 Å². The molecule has 0 bridgehead atoms. The summed E-state index contributed by atoms with van der Waals surface area (Å²) in [5.41, 5.74) is 0.905. The zero-order chi connectivity index (χ0) is 15.6. The number of benzene rings is 1. The normalized spacial score (nSPS) is 12.8. The Morgan fingerprint density at radius 3 is 2.95 bits per heavy atom. The van der Waals surface area contributed by atoms with E-state index < -0.39 is 0 Å². The van der Waals surface area contributed by atoms with E-state index in [1.165, 1.54) is 6.08 Å². The summed E-state index contributed by atoms with van der Waals surface area (Å²) in [5.74, 6) is 1.35. The van der Waals surface area contributed by atoms with Crippen molar-refractivity contribution in [3.63, 3.8) is 0 Å². The Kier molecular flexibility index (Phi) is 6.77. The molecule has 0 spiro atoms. The quantitative estimate of drug-likeness (QED) is 0.563. The lowest BCUT2D eigenvalue weighted by Crippen LogP contribution is -2.23. The highest BCUT2D eigenvalue weighted by Gasteiger charge is 2.12. The molecule has 0 aromatic heterocycles. The number of hydrogen-bond acceptors (Lipinski definition) is 4. The van der Waals surface area contributed by atoms with Crippen LogP contribution in [0.3, 0.4) is 0 Å². The topological polar surface area (TPSA) is 56.8 Å². The predicted molar refractivity (Wildman–Crippen MR) is 85.0 cm³/mol. The average Bonchev–Trinajstić information content (AvgIpc) is 2.99. The van der Waals surface area contributed by atoms with Gasteiger partial charge in [-0.3, -0.25) is 4.79 Å². The van der Waals surface area contributed by atoms with Crippen molar-refractivity contribution >= 4 is 12.0 Å². The van der Waals surface area contributed by atoms with Crippen molar-refractivity contribution < 1.29 is 19.0 Å². The van der Waals surface area contributed by atoms with Gasteiger partial charge in [-0.1, -0.05) is 19.4 Å². The van der Waals surface area contributed by atoms with Crippen LogP contribution in [0.25, 0.3) is 6.08 Å². The molecule has 1 aliphatic heterocycles. The molecule has 5 nitrogen and oxygen atoms in total. The van der Waals surface area contributed by atoms with E-state index in [4.69, 9.17) is 14.2 Å². The Balaban J connectivity index is 1.64. The molecule has 0 aliphatic carbocycles. The summed E-state index contributed by atoms with van der Waals surface area (Å²) >= 11 is 0. The van der Waals surface area contributed by atoms with Crippen LogP contribution < -0.4 is 14.8 Å². The Morgan fingerprint density at radius 2 is 2.09 bits per heavy atom. The predicted octanol–water partition coefficient (Wildman–Crippen LogP) is 2.75. The van der Waals surface area contributed by atoms with Crippen LogP contribution in [0.4, 0.5) is 0 Å². The van der Waals surface area contributed by atoms with E-state index in [1.807, 2.05) is 18.2 Å². The van der Waals surface area contributed by atoms with Crippen LogP contribution >= 0.6 is 0 Å². The number of carbonyl (C=O) groups excluding carboxylic acids is 1. The first-order valence-electron chi connectivity index (χ1n) is 7.73. The number of fused-ring (bicyclic) bond motifs is 1. The van der Waals surface area contributed by atoms with Crippen LogP contribution in [0.5, 0.6) is 11.5 Å². The Labute approximate surface area is 131 Å². The van der Waals surface area contributed by atoms with Gasteiger partial charge in [-0.05, 0) is 36.6 Å². The van der Waals surface area contributed by atoms with Gasteiger partial charge in [0, 0.05) is 25.8 Å². The summed E-state index contributed by atoms with van der Waals surface area (Å²) in [5, 5.41) is 2.83. The largest absolute Gasteiger partial charge is 0.454 e. The molecule has 1 aromatic rings. The van der Waals surface area contributed by atoms with Gasteiger partial charge in [0.05, 0.1) is 0 Å².